The number of nitrogen functional groups attached to an aromatic ring is 1. The van der Waals surface area contributed by atoms with Crippen LogP contribution in [0.2, 0.25) is 0 Å². The number of aryl methyl sites for hydroxylation is 1. The maximum atomic E-state index is 5.61. The summed E-state index contributed by atoms with van der Waals surface area (Å²) in [6, 6.07) is 5.88. The lowest BCUT2D eigenvalue weighted by atomic mass is 10.2. The Balaban J connectivity index is 2.86. The Kier molecular flexibility index (Phi) is 1.32. The van der Waals surface area contributed by atoms with Crippen molar-refractivity contribution in [1.82, 2.24) is 4.37 Å². The Morgan fingerprint density at radius 3 is 3.09 bits per heavy atom. The minimum atomic E-state index is 0.807. The number of anilines is 1. The summed E-state index contributed by atoms with van der Waals surface area (Å²) in [5.74, 6) is 0. The van der Waals surface area contributed by atoms with E-state index in [1.165, 1.54) is 21.6 Å². The third-order valence-corrected chi connectivity index (χ3v) is 2.58. The van der Waals surface area contributed by atoms with Crippen LogP contribution >= 0.6 is 11.5 Å². The first kappa shape index (κ1) is 6.61. The van der Waals surface area contributed by atoms with Gasteiger partial charge in [-0.15, -0.1) is 0 Å². The lowest BCUT2D eigenvalue weighted by molar-refractivity contribution is 1.37. The van der Waals surface area contributed by atoms with Crippen LogP contribution < -0.4 is 5.73 Å². The summed E-state index contributed by atoms with van der Waals surface area (Å²) >= 11 is 1.50. The number of hydrogen-bond acceptors (Lipinski definition) is 3. The molecule has 0 aliphatic carbocycles. The number of fused-ring (bicyclic) bond motifs is 1. The second-order valence-electron chi connectivity index (χ2n) is 2.52. The van der Waals surface area contributed by atoms with Crippen molar-refractivity contribution >= 4 is 27.3 Å². The van der Waals surface area contributed by atoms with E-state index in [-0.39, 0.29) is 0 Å². The molecule has 2 nitrogen and oxygen atoms in total. The first-order chi connectivity index (χ1) is 5.27. The number of nitrogens with two attached hydrogens (primary N) is 1. The molecule has 0 aliphatic rings. The molecule has 0 unspecified atom stereocenters. The molecule has 0 bridgehead atoms. The van der Waals surface area contributed by atoms with Crippen LogP contribution in [-0.2, 0) is 0 Å². The predicted octanol–water partition coefficient (Wildman–Crippen LogP) is 2.19. The molecule has 3 heteroatoms. The van der Waals surface area contributed by atoms with E-state index in [0.717, 1.165) is 11.4 Å². The second kappa shape index (κ2) is 2.20. The van der Waals surface area contributed by atoms with E-state index in [4.69, 9.17) is 5.73 Å². The number of rotatable bonds is 0. The summed E-state index contributed by atoms with van der Waals surface area (Å²) in [5, 5.41) is 1.21. The van der Waals surface area contributed by atoms with Crippen molar-refractivity contribution in [3.05, 3.63) is 23.9 Å². The second-order valence-corrected chi connectivity index (χ2v) is 3.33. The van der Waals surface area contributed by atoms with E-state index in [2.05, 4.69) is 4.37 Å². The molecular formula is C8H8N2S. The highest BCUT2D eigenvalue weighted by Crippen LogP contribution is 2.23. The van der Waals surface area contributed by atoms with Crippen molar-refractivity contribution < 1.29 is 0 Å². The zero-order valence-electron chi connectivity index (χ0n) is 6.16. The van der Waals surface area contributed by atoms with Gasteiger partial charge in [0.1, 0.15) is 0 Å². The summed E-state index contributed by atoms with van der Waals surface area (Å²) in [5.41, 5.74) is 7.51. The maximum absolute atomic E-state index is 5.61. The molecule has 0 atom stereocenters. The number of benzene rings is 1. The minimum Gasteiger partial charge on any atom is -0.399 e. The molecule has 2 aromatic rings. The van der Waals surface area contributed by atoms with Gasteiger partial charge in [-0.1, -0.05) is 0 Å². The largest absolute Gasteiger partial charge is 0.399 e. The molecule has 0 amide bonds. The third-order valence-electron chi connectivity index (χ3n) is 1.68. The number of nitrogens with zero attached hydrogens (tertiary/aromatic N) is 1. The SMILES string of the molecule is Cc1nsc2cc(N)ccc12. The first-order valence-electron chi connectivity index (χ1n) is 3.39. The van der Waals surface area contributed by atoms with Crippen molar-refractivity contribution in [2.24, 2.45) is 0 Å². The highest BCUT2D eigenvalue weighted by atomic mass is 32.1. The van der Waals surface area contributed by atoms with Crippen LogP contribution in [-0.4, -0.2) is 4.37 Å². The van der Waals surface area contributed by atoms with Gasteiger partial charge < -0.3 is 5.73 Å². The Labute approximate surface area is 68.8 Å². The van der Waals surface area contributed by atoms with Gasteiger partial charge in [0.25, 0.3) is 0 Å². The molecule has 2 rings (SSSR count). The average molecular weight is 164 g/mol. The molecule has 1 aromatic heterocycles. The maximum Gasteiger partial charge on any atom is 0.0589 e. The summed E-state index contributed by atoms with van der Waals surface area (Å²) in [7, 11) is 0. The van der Waals surface area contributed by atoms with Crippen LogP contribution in [0.5, 0.6) is 0 Å². The minimum absolute atomic E-state index is 0.807. The highest BCUT2D eigenvalue weighted by Gasteiger charge is 1.99. The van der Waals surface area contributed by atoms with Crippen LogP contribution in [0.15, 0.2) is 18.2 Å². The molecule has 0 spiro atoms. The first-order valence-corrected chi connectivity index (χ1v) is 4.16. The Morgan fingerprint density at radius 1 is 1.45 bits per heavy atom. The van der Waals surface area contributed by atoms with Crippen LogP contribution in [0, 0.1) is 6.92 Å². The smallest absolute Gasteiger partial charge is 0.0589 e. The summed E-state index contributed by atoms with van der Waals surface area (Å²) < 4.78 is 5.39. The Morgan fingerprint density at radius 2 is 2.27 bits per heavy atom. The molecular weight excluding hydrogens is 156 g/mol. The number of aromatic nitrogens is 1. The van der Waals surface area contributed by atoms with E-state index >= 15 is 0 Å². The molecule has 2 N–H and O–H groups in total. The van der Waals surface area contributed by atoms with Crippen molar-refractivity contribution in [3.63, 3.8) is 0 Å². The predicted molar refractivity (Wildman–Crippen MR) is 48.8 cm³/mol. The topological polar surface area (TPSA) is 38.9 Å². The summed E-state index contributed by atoms with van der Waals surface area (Å²) in [6.07, 6.45) is 0. The van der Waals surface area contributed by atoms with E-state index in [1.54, 1.807) is 0 Å². The van der Waals surface area contributed by atoms with Gasteiger partial charge in [-0.2, -0.15) is 4.37 Å². The standard InChI is InChI=1S/C8H8N2S/c1-5-7-3-2-6(9)4-8(7)11-10-5/h2-4H,9H2,1H3. The van der Waals surface area contributed by atoms with Crippen LogP contribution in [0.3, 0.4) is 0 Å². The lowest BCUT2D eigenvalue weighted by Crippen LogP contribution is -1.81. The van der Waals surface area contributed by atoms with Gasteiger partial charge in [-0.25, -0.2) is 0 Å². The molecule has 1 aromatic carbocycles. The highest BCUT2D eigenvalue weighted by molar-refractivity contribution is 7.13. The third kappa shape index (κ3) is 0.973. The van der Waals surface area contributed by atoms with Crippen LogP contribution in [0.1, 0.15) is 5.69 Å². The lowest BCUT2D eigenvalue weighted by Gasteiger charge is -1.91. The van der Waals surface area contributed by atoms with Crippen molar-refractivity contribution in [3.8, 4) is 0 Å². The van der Waals surface area contributed by atoms with Crippen LogP contribution in [0.25, 0.3) is 10.1 Å². The van der Waals surface area contributed by atoms with Gasteiger partial charge in [0, 0.05) is 11.1 Å². The van der Waals surface area contributed by atoms with Crippen molar-refractivity contribution in [1.29, 1.82) is 0 Å². The number of hydrogen-bond donors (Lipinski definition) is 1. The fraction of sp³-hybridized carbons (Fsp3) is 0.125. The molecule has 0 aliphatic heterocycles. The molecule has 11 heavy (non-hydrogen) atoms. The Hall–Kier alpha value is -1.09. The molecule has 56 valence electrons. The monoisotopic (exact) mass is 164 g/mol. The summed E-state index contributed by atoms with van der Waals surface area (Å²) in [4.78, 5) is 0. The van der Waals surface area contributed by atoms with Gasteiger partial charge >= 0.3 is 0 Å². The molecule has 0 fully saturated rings. The fourth-order valence-corrected chi connectivity index (χ4v) is 1.92. The quantitative estimate of drug-likeness (QED) is 0.606. The van der Waals surface area contributed by atoms with Crippen molar-refractivity contribution in [2.75, 3.05) is 5.73 Å². The molecule has 0 saturated carbocycles. The van der Waals surface area contributed by atoms with E-state index in [0.29, 0.717) is 0 Å². The van der Waals surface area contributed by atoms with Gasteiger partial charge in [0.05, 0.1) is 10.4 Å². The zero-order valence-corrected chi connectivity index (χ0v) is 6.98. The summed E-state index contributed by atoms with van der Waals surface area (Å²) in [6.45, 7) is 2.01. The van der Waals surface area contributed by atoms with Gasteiger partial charge in [0.2, 0.25) is 0 Å². The van der Waals surface area contributed by atoms with E-state index < -0.39 is 0 Å². The molecule has 0 radical (unpaired) electrons. The van der Waals surface area contributed by atoms with E-state index in [1.807, 2.05) is 25.1 Å². The normalized spacial score (nSPS) is 10.6. The Bertz CT molecular complexity index is 392. The average Bonchev–Trinajstić information content (AvgIpc) is 2.32. The van der Waals surface area contributed by atoms with Gasteiger partial charge in [-0.05, 0) is 36.7 Å². The molecule has 0 saturated heterocycles. The van der Waals surface area contributed by atoms with Crippen LogP contribution in [0.4, 0.5) is 5.69 Å². The van der Waals surface area contributed by atoms with Gasteiger partial charge in [0.15, 0.2) is 0 Å². The zero-order chi connectivity index (χ0) is 7.84. The van der Waals surface area contributed by atoms with E-state index in [9.17, 15) is 0 Å². The molecule has 1 heterocycles. The fourth-order valence-electron chi connectivity index (χ4n) is 1.08. The van der Waals surface area contributed by atoms with Gasteiger partial charge in [-0.3, -0.25) is 0 Å². The van der Waals surface area contributed by atoms with Crippen molar-refractivity contribution in [2.45, 2.75) is 6.92 Å².